The fraction of sp³-hybridized carbons (Fsp3) is 0.188. The molecule has 0 aliphatic heterocycles. The zero-order chi connectivity index (χ0) is 15.1. The molecule has 0 spiro atoms. The van der Waals surface area contributed by atoms with Crippen molar-refractivity contribution in [1.82, 2.24) is 9.55 Å². The van der Waals surface area contributed by atoms with E-state index in [0.717, 1.165) is 5.52 Å². The predicted octanol–water partition coefficient (Wildman–Crippen LogP) is 3.71. The van der Waals surface area contributed by atoms with Crippen molar-refractivity contribution in [2.24, 2.45) is 0 Å². The molecule has 4 nitrogen and oxygen atoms in total. The molecule has 0 saturated carbocycles. The summed E-state index contributed by atoms with van der Waals surface area (Å²) in [5.74, 6) is 0.253. The molecule has 3 N–H and O–H groups in total. The summed E-state index contributed by atoms with van der Waals surface area (Å²) in [6.07, 6.45) is 0. The number of para-hydroxylation sites is 1. The van der Waals surface area contributed by atoms with Crippen LogP contribution >= 0.6 is 0 Å². The van der Waals surface area contributed by atoms with Gasteiger partial charge in [-0.3, -0.25) is 0 Å². The molecule has 5 heteroatoms. The Kier molecular flexibility index (Phi) is 3.05. The predicted molar refractivity (Wildman–Crippen MR) is 81.6 cm³/mol. The molecule has 0 fully saturated rings. The number of anilines is 1. The lowest BCUT2D eigenvalue weighted by molar-refractivity contribution is 0.478. The number of nitrogen functional groups attached to an aromatic ring is 1. The second-order valence-electron chi connectivity index (χ2n) is 5.28. The highest BCUT2D eigenvalue weighted by Gasteiger charge is 2.17. The van der Waals surface area contributed by atoms with Gasteiger partial charge in [0.25, 0.3) is 0 Å². The summed E-state index contributed by atoms with van der Waals surface area (Å²) >= 11 is 0. The van der Waals surface area contributed by atoms with Crippen molar-refractivity contribution in [2.45, 2.75) is 19.9 Å². The Morgan fingerprint density at radius 2 is 2.00 bits per heavy atom. The Balaban J connectivity index is 2.33. The van der Waals surface area contributed by atoms with E-state index in [-0.39, 0.29) is 17.6 Å². The van der Waals surface area contributed by atoms with Gasteiger partial charge in [-0.05, 0) is 44.2 Å². The molecule has 0 bridgehead atoms. The van der Waals surface area contributed by atoms with Crippen molar-refractivity contribution in [3.8, 4) is 17.1 Å². The van der Waals surface area contributed by atoms with E-state index in [1.54, 1.807) is 24.3 Å². The summed E-state index contributed by atoms with van der Waals surface area (Å²) in [5.41, 5.74) is 7.69. The van der Waals surface area contributed by atoms with Crippen LogP contribution in [0, 0.1) is 5.82 Å². The highest BCUT2D eigenvalue weighted by molar-refractivity contribution is 5.82. The quantitative estimate of drug-likeness (QED) is 0.557. The second-order valence-corrected chi connectivity index (χ2v) is 5.28. The molecule has 3 rings (SSSR count). The van der Waals surface area contributed by atoms with E-state index in [9.17, 15) is 9.50 Å². The summed E-state index contributed by atoms with van der Waals surface area (Å²) in [7, 11) is 0. The average molecular weight is 285 g/mol. The third-order valence-corrected chi connectivity index (χ3v) is 3.48. The van der Waals surface area contributed by atoms with Gasteiger partial charge in [0.1, 0.15) is 17.1 Å². The molecular weight excluding hydrogens is 269 g/mol. The highest BCUT2D eigenvalue weighted by atomic mass is 19.1. The molecule has 1 aromatic heterocycles. The zero-order valence-corrected chi connectivity index (χ0v) is 11.8. The van der Waals surface area contributed by atoms with Gasteiger partial charge in [0.2, 0.25) is 0 Å². The van der Waals surface area contributed by atoms with Crippen molar-refractivity contribution in [3.63, 3.8) is 0 Å². The van der Waals surface area contributed by atoms with Crippen molar-refractivity contribution in [3.05, 3.63) is 42.2 Å². The maximum Gasteiger partial charge on any atom is 0.151 e. The van der Waals surface area contributed by atoms with E-state index in [1.165, 1.54) is 6.07 Å². The lowest BCUT2D eigenvalue weighted by atomic mass is 10.1. The van der Waals surface area contributed by atoms with Gasteiger partial charge in [0.15, 0.2) is 5.82 Å². The van der Waals surface area contributed by atoms with Crippen LogP contribution in [0.4, 0.5) is 10.1 Å². The minimum atomic E-state index is -0.354. The number of benzene rings is 2. The van der Waals surface area contributed by atoms with Crippen LogP contribution in [0.1, 0.15) is 19.9 Å². The molecule has 1 heterocycles. The molecule has 2 aromatic carbocycles. The Hall–Kier alpha value is -2.56. The lowest BCUT2D eigenvalue weighted by Crippen LogP contribution is -2.03. The topological polar surface area (TPSA) is 64.1 Å². The van der Waals surface area contributed by atoms with Gasteiger partial charge in [0.05, 0.1) is 11.2 Å². The zero-order valence-electron chi connectivity index (χ0n) is 11.8. The van der Waals surface area contributed by atoms with Crippen molar-refractivity contribution < 1.29 is 9.50 Å². The summed E-state index contributed by atoms with van der Waals surface area (Å²) in [4.78, 5) is 4.41. The number of phenolic OH excluding ortho intramolecular Hbond substituents is 1. The smallest absolute Gasteiger partial charge is 0.151 e. The van der Waals surface area contributed by atoms with Crippen LogP contribution in [-0.4, -0.2) is 14.7 Å². The first-order valence-corrected chi connectivity index (χ1v) is 6.74. The van der Waals surface area contributed by atoms with Crippen LogP contribution < -0.4 is 5.73 Å². The number of phenols is 1. The molecule has 3 aromatic rings. The van der Waals surface area contributed by atoms with Crippen LogP contribution in [0.2, 0.25) is 0 Å². The van der Waals surface area contributed by atoms with E-state index in [2.05, 4.69) is 4.98 Å². The number of nitrogens with zero attached hydrogens (tertiary/aromatic N) is 2. The van der Waals surface area contributed by atoms with Crippen molar-refractivity contribution in [2.75, 3.05) is 5.73 Å². The molecule has 21 heavy (non-hydrogen) atoms. The molecule has 0 atom stereocenters. The number of aromatic nitrogens is 2. The minimum Gasteiger partial charge on any atom is -0.506 e. The maximum atomic E-state index is 14.0. The third-order valence-electron chi connectivity index (χ3n) is 3.48. The second kappa shape index (κ2) is 4.77. The molecule has 0 aliphatic rings. The summed E-state index contributed by atoms with van der Waals surface area (Å²) < 4.78 is 15.9. The SMILES string of the molecule is CC(C)n1c(-c2ccc(N)c(O)c2)nc2c(F)cccc21. The number of hydrogen-bond acceptors (Lipinski definition) is 3. The Bertz CT molecular complexity index is 824. The number of fused-ring (bicyclic) bond motifs is 1. The molecule has 0 aliphatic carbocycles. The van der Waals surface area contributed by atoms with Crippen molar-refractivity contribution in [1.29, 1.82) is 0 Å². The van der Waals surface area contributed by atoms with Gasteiger partial charge in [-0.1, -0.05) is 6.07 Å². The maximum absolute atomic E-state index is 14.0. The Morgan fingerprint density at radius 1 is 1.24 bits per heavy atom. The normalized spacial score (nSPS) is 11.4. The van der Waals surface area contributed by atoms with Crippen LogP contribution in [0.3, 0.4) is 0 Å². The minimum absolute atomic E-state index is 0.00432. The number of imidazole rings is 1. The van der Waals surface area contributed by atoms with Crippen molar-refractivity contribution >= 4 is 16.7 Å². The summed E-state index contributed by atoms with van der Waals surface area (Å²) in [5, 5.41) is 9.78. The standard InChI is InChI=1S/C16H16FN3O/c1-9(2)20-13-5-3-4-11(17)15(13)19-16(20)10-6-7-12(18)14(21)8-10/h3-9,21H,18H2,1-2H3. The average Bonchev–Trinajstić information content (AvgIpc) is 2.83. The molecular formula is C16H16FN3O. The highest BCUT2D eigenvalue weighted by Crippen LogP contribution is 2.32. The van der Waals surface area contributed by atoms with Crippen LogP contribution in [0.15, 0.2) is 36.4 Å². The molecule has 0 unspecified atom stereocenters. The van der Waals surface area contributed by atoms with Gasteiger partial charge in [-0.25, -0.2) is 9.37 Å². The number of rotatable bonds is 2. The Labute approximate surface area is 121 Å². The molecule has 0 amide bonds. The molecule has 108 valence electrons. The first kappa shape index (κ1) is 13.4. The van der Waals surface area contributed by atoms with Gasteiger partial charge >= 0.3 is 0 Å². The van der Waals surface area contributed by atoms with E-state index < -0.39 is 0 Å². The van der Waals surface area contributed by atoms with Gasteiger partial charge in [-0.2, -0.15) is 0 Å². The Morgan fingerprint density at radius 3 is 2.67 bits per heavy atom. The lowest BCUT2D eigenvalue weighted by Gasteiger charge is -2.13. The van der Waals surface area contributed by atoms with Gasteiger partial charge in [-0.15, -0.1) is 0 Å². The number of aromatic hydroxyl groups is 1. The number of hydrogen-bond donors (Lipinski definition) is 2. The van der Waals surface area contributed by atoms with E-state index in [4.69, 9.17) is 5.73 Å². The van der Waals surface area contributed by atoms with Crippen LogP contribution in [0.5, 0.6) is 5.75 Å². The van der Waals surface area contributed by atoms with E-state index in [0.29, 0.717) is 22.6 Å². The van der Waals surface area contributed by atoms with Gasteiger partial charge < -0.3 is 15.4 Å². The number of halogens is 1. The summed E-state index contributed by atoms with van der Waals surface area (Å²) in [6.45, 7) is 4.01. The fourth-order valence-electron chi connectivity index (χ4n) is 2.49. The third kappa shape index (κ3) is 2.11. The number of nitrogens with two attached hydrogens (primary N) is 1. The summed E-state index contributed by atoms with van der Waals surface area (Å²) in [6, 6.07) is 9.94. The van der Waals surface area contributed by atoms with E-state index in [1.807, 2.05) is 24.5 Å². The van der Waals surface area contributed by atoms with Crippen LogP contribution in [0.25, 0.3) is 22.4 Å². The van der Waals surface area contributed by atoms with E-state index >= 15 is 0 Å². The van der Waals surface area contributed by atoms with Crippen LogP contribution in [-0.2, 0) is 0 Å². The molecule has 0 radical (unpaired) electrons. The van der Waals surface area contributed by atoms with Gasteiger partial charge in [0, 0.05) is 11.6 Å². The first-order valence-electron chi connectivity index (χ1n) is 6.74. The fourth-order valence-corrected chi connectivity index (χ4v) is 2.49. The first-order chi connectivity index (χ1) is 9.99. The monoisotopic (exact) mass is 285 g/mol. The largest absolute Gasteiger partial charge is 0.506 e. The molecule has 0 saturated heterocycles.